The first-order valence-corrected chi connectivity index (χ1v) is 13.6. The van der Waals surface area contributed by atoms with Crippen molar-refractivity contribution in [3.8, 4) is 0 Å². The molecule has 0 aromatic carbocycles. The van der Waals surface area contributed by atoms with Crippen molar-refractivity contribution < 1.29 is 9.13 Å². The molecule has 174 valence electrons. The third-order valence-electron chi connectivity index (χ3n) is 8.79. The quantitative estimate of drug-likeness (QED) is 0.321. The molecule has 2 heteroatoms. The van der Waals surface area contributed by atoms with E-state index < -0.39 is 6.17 Å². The molecule has 0 N–H and O–H groups in total. The van der Waals surface area contributed by atoms with Crippen LogP contribution in [0, 0.1) is 29.6 Å². The average Bonchev–Trinajstić information content (AvgIpc) is 2.81. The molecule has 3 fully saturated rings. The number of allylic oxidation sites excluding steroid dienone is 2. The maximum absolute atomic E-state index is 13.3. The van der Waals surface area contributed by atoms with E-state index in [0.29, 0.717) is 12.5 Å². The Balaban J connectivity index is 1.29. The fourth-order valence-electron chi connectivity index (χ4n) is 6.76. The van der Waals surface area contributed by atoms with Crippen molar-refractivity contribution in [1.29, 1.82) is 0 Å². The predicted molar refractivity (Wildman–Crippen MR) is 126 cm³/mol. The summed E-state index contributed by atoms with van der Waals surface area (Å²) in [6.07, 6.45) is 25.1. The van der Waals surface area contributed by atoms with Crippen LogP contribution in [0.4, 0.5) is 4.39 Å². The van der Waals surface area contributed by atoms with E-state index in [2.05, 4.69) is 13.0 Å². The SMILES string of the molecule is CCCO[C@H]1CC[C@H](C2CCC([C@H]3CC[C@H](CC/C=C/C(F)CC)CC3)CC2)CC1. The molecule has 0 aliphatic heterocycles. The third-order valence-corrected chi connectivity index (χ3v) is 8.79. The summed E-state index contributed by atoms with van der Waals surface area (Å²) >= 11 is 0. The highest BCUT2D eigenvalue weighted by atomic mass is 19.1. The molecule has 0 radical (unpaired) electrons. The second-order valence-electron chi connectivity index (χ2n) is 10.8. The van der Waals surface area contributed by atoms with Gasteiger partial charge in [-0.25, -0.2) is 4.39 Å². The van der Waals surface area contributed by atoms with Gasteiger partial charge >= 0.3 is 0 Å². The van der Waals surface area contributed by atoms with E-state index in [9.17, 15) is 4.39 Å². The van der Waals surface area contributed by atoms with E-state index in [-0.39, 0.29) is 0 Å². The van der Waals surface area contributed by atoms with Crippen LogP contribution in [0.25, 0.3) is 0 Å². The predicted octanol–water partition coefficient (Wildman–Crippen LogP) is 8.67. The van der Waals surface area contributed by atoms with Gasteiger partial charge < -0.3 is 4.74 Å². The fourth-order valence-corrected chi connectivity index (χ4v) is 6.76. The number of hydrogen-bond donors (Lipinski definition) is 0. The molecule has 30 heavy (non-hydrogen) atoms. The smallest absolute Gasteiger partial charge is 0.118 e. The molecule has 1 nitrogen and oxygen atoms in total. The van der Waals surface area contributed by atoms with Crippen LogP contribution in [0.2, 0.25) is 0 Å². The first-order chi connectivity index (χ1) is 14.7. The van der Waals surface area contributed by atoms with Crippen molar-refractivity contribution in [3.05, 3.63) is 12.2 Å². The zero-order valence-corrected chi connectivity index (χ0v) is 20.0. The standard InChI is InChI=1S/C28H49FO/c1-3-21-30-28-19-17-26(18-20-28)25-15-13-24(14-16-25)23-11-9-22(10-12-23)7-5-6-8-27(29)4-2/h6,8,22-28H,3-5,7,9-21H2,1-2H3/b8-6+/t22-,23-,24?,25?,26-,27?,28-. The van der Waals surface area contributed by atoms with Crippen LogP contribution < -0.4 is 0 Å². The van der Waals surface area contributed by atoms with Crippen LogP contribution in [0.5, 0.6) is 0 Å². The molecule has 3 saturated carbocycles. The first kappa shape index (κ1) is 24.3. The van der Waals surface area contributed by atoms with Gasteiger partial charge in [-0.15, -0.1) is 0 Å². The van der Waals surface area contributed by atoms with Gasteiger partial charge in [0.2, 0.25) is 0 Å². The van der Waals surface area contributed by atoms with E-state index in [1.165, 1.54) is 83.5 Å². The maximum atomic E-state index is 13.3. The molecule has 0 saturated heterocycles. The lowest BCUT2D eigenvalue weighted by Crippen LogP contribution is -2.31. The van der Waals surface area contributed by atoms with Crippen molar-refractivity contribution in [3.63, 3.8) is 0 Å². The van der Waals surface area contributed by atoms with Crippen molar-refractivity contribution >= 4 is 0 Å². The van der Waals surface area contributed by atoms with Gasteiger partial charge in [-0.2, -0.15) is 0 Å². The molecule has 3 aliphatic carbocycles. The molecule has 0 bridgehead atoms. The van der Waals surface area contributed by atoms with Gasteiger partial charge in [0.1, 0.15) is 6.17 Å². The lowest BCUT2D eigenvalue weighted by Gasteiger charge is -2.41. The Hall–Kier alpha value is -0.370. The van der Waals surface area contributed by atoms with E-state index in [4.69, 9.17) is 4.74 Å². The molecule has 0 amide bonds. The lowest BCUT2D eigenvalue weighted by atomic mass is 9.65. The van der Waals surface area contributed by atoms with Crippen LogP contribution in [0.3, 0.4) is 0 Å². The number of halogens is 1. The topological polar surface area (TPSA) is 9.23 Å². The minimum absolute atomic E-state index is 0.563. The van der Waals surface area contributed by atoms with Gasteiger partial charge in [0.15, 0.2) is 0 Å². The molecule has 0 aromatic heterocycles. The summed E-state index contributed by atoms with van der Waals surface area (Å²) in [5, 5.41) is 0. The van der Waals surface area contributed by atoms with E-state index in [1.807, 2.05) is 6.92 Å². The second-order valence-corrected chi connectivity index (χ2v) is 10.8. The fraction of sp³-hybridized carbons (Fsp3) is 0.929. The summed E-state index contributed by atoms with van der Waals surface area (Å²) in [7, 11) is 0. The van der Waals surface area contributed by atoms with Crippen LogP contribution in [-0.2, 0) is 4.74 Å². The molecule has 1 unspecified atom stereocenters. The van der Waals surface area contributed by atoms with Gasteiger partial charge in [-0.3, -0.25) is 0 Å². The van der Waals surface area contributed by atoms with Crippen LogP contribution in [-0.4, -0.2) is 18.9 Å². The largest absolute Gasteiger partial charge is 0.378 e. The maximum Gasteiger partial charge on any atom is 0.118 e. The van der Waals surface area contributed by atoms with Crippen molar-refractivity contribution in [2.45, 2.75) is 129 Å². The first-order valence-electron chi connectivity index (χ1n) is 13.6. The normalized spacial score (nSPS) is 36.8. The zero-order chi connectivity index (χ0) is 21.2. The summed E-state index contributed by atoms with van der Waals surface area (Å²) in [5.41, 5.74) is 0. The van der Waals surface area contributed by atoms with Crippen LogP contribution in [0.1, 0.15) is 117 Å². The molecule has 0 heterocycles. The van der Waals surface area contributed by atoms with Gasteiger partial charge in [-0.1, -0.05) is 38.8 Å². The minimum Gasteiger partial charge on any atom is -0.378 e. The van der Waals surface area contributed by atoms with E-state index in [1.54, 1.807) is 6.08 Å². The van der Waals surface area contributed by atoms with E-state index >= 15 is 0 Å². The Morgan fingerprint density at radius 1 is 0.767 bits per heavy atom. The number of alkyl halides is 1. The van der Waals surface area contributed by atoms with Crippen molar-refractivity contribution in [2.75, 3.05) is 6.61 Å². The molecule has 0 spiro atoms. The van der Waals surface area contributed by atoms with Gasteiger partial charge in [0, 0.05) is 6.61 Å². The Kier molecular flexibility index (Phi) is 10.7. The van der Waals surface area contributed by atoms with Gasteiger partial charge in [0.25, 0.3) is 0 Å². The summed E-state index contributed by atoms with van der Waals surface area (Å²) in [6, 6.07) is 0. The van der Waals surface area contributed by atoms with E-state index in [0.717, 1.165) is 49.0 Å². The summed E-state index contributed by atoms with van der Waals surface area (Å²) in [4.78, 5) is 0. The van der Waals surface area contributed by atoms with Crippen LogP contribution in [0.15, 0.2) is 12.2 Å². The monoisotopic (exact) mass is 420 g/mol. The summed E-state index contributed by atoms with van der Waals surface area (Å²) in [6.45, 7) is 5.08. The minimum atomic E-state index is -0.736. The highest BCUT2D eigenvalue weighted by Gasteiger charge is 2.34. The zero-order valence-electron chi connectivity index (χ0n) is 20.0. The molecule has 0 aromatic rings. The molecule has 3 rings (SSSR count). The number of rotatable bonds is 10. The Morgan fingerprint density at radius 2 is 1.27 bits per heavy atom. The molecule has 1 atom stereocenters. The Bertz CT molecular complexity index is 465. The number of ether oxygens (including phenoxy) is 1. The van der Waals surface area contributed by atoms with Crippen molar-refractivity contribution in [2.24, 2.45) is 29.6 Å². The highest BCUT2D eigenvalue weighted by Crippen LogP contribution is 2.45. The number of hydrogen-bond acceptors (Lipinski definition) is 1. The third kappa shape index (κ3) is 7.64. The van der Waals surface area contributed by atoms with Gasteiger partial charge in [-0.05, 0) is 119 Å². The molecular weight excluding hydrogens is 371 g/mol. The highest BCUT2D eigenvalue weighted by molar-refractivity contribution is 4.90. The lowest BCUT2D eigenvalue weighted by molar-refractivity contribution is 0.00569. The Morgan fingerprint density at radius 3 is 1.77 bits per heavy atom. The second kappa shape index (κ2) is 13.2. The van der Waals surface area contributed by atoms with Gasteiger partial charge in [0.05, 0.1) is 6.10 Å². The van der Waals surface area contributed by atoms with Crippen molar-refractivity contribution in [1.82, 2.24) is 0 Å². The summed E-state index contributed by atoms with van der Waals surface area (Å²) < 4.78 is 19.3. The summed E-state index contributed by atoms with van der Waals surface area (Å²) in [5.74, 6) is 4.92. The molecule has 3 aliphatic rings. The average molecular weight is 421 g/mol. The Labute approximate surface area is 186 Å². The van der Waals surface area contributed by atoms with Crippen LogP contribution >= 0.6 is 0 Å². The molecular formula is C28H49FO.